The van der Waals surface area contributed by atoms with Crippen LogP contribution in [0.5, 0.6) is 11.5 Å². The summed E-state index contributed by atoms with van der Waals surface area (Å²) in [4.78, 5) is 54.1. The number of anilines is 1. The summed E-state index contributed by atoms with van der Waals surface area (Å²) in [5, 5.41) is 3.33. The van der Waals surface area contributed by atoms with E-state index in [0.717, 1.165) is 4.90 Å². The van der Waals surface area contributed by atoms with Crippen molar-refractivity contribution in [2.45, 2.75) is 38.3 Å². The Labute approximate surface area is 209 Å². The molecule has 4 atom stereocenters. The number of ether oxygens (including phenoxy) is 3. The van der Waals surface area contributed by atoms with E-state index in [1.165, 1.54) is 34.3 Å². The van der Waals surface area contributed by atoms with Crippen molar-refractivity contribution in [3.8, 4) is 11.5 Å². The van der Waals surface area contributed by atoms with E-state index in [9.17, 15) is 19.2 Å². The van der Waals surface area contributed by atoms with Crippen LogP contribution in [-0.4, -0.2) is 50.4 Å². The van der Waals surface area contributed by atoms with Crippen molar-refractivity contribution in [2.24, 2.45) is 11.8 Å². The highest BCUT2D eigenvalue weighted by atomic mass is 16.5. The summed E-state index contributed by atoms with van der Waals surface area (Å²) in [6.45, 7) is 3.32. The zero-order chi connectivity index (χ0) is 26.2. The van der Waals surface area contributed by atoms with E-state index >= 15 is 0 Å². The summed E-state index contributed by atoms with van der Waals surface area (Å²) in [7, 11) is 4.31. The molecule has 0 bridgehead atoms. The van der Waals surface area contributed by atoms with Crippen molar-refractivity contribution in [3.05, 3.63) is 53.6 Å². The maximum atomic E-state index is 13.9. The van der Waals surface area contributed by atoms with Crippen LogP contribution >= 0.6 is 0 Å². The predicted octanol–water partition coefficient (Wildman–Crippen LogP) is 3.07. The van der Waals surface area contributed by atoms with Gasteiger partial charge in [-0.25, -0.2) is 4.90 Å². The number of carbonyl (C=O) groups excluding carboxylic acids is 4. The maximum Gasteiger partial charge on any atom is 0.326 e. The average Bonchev–Trinajstić information content (AvgIpc) is 3.37. The first-order valence-electron chi connectivity index (χ1n) is 11.8. The molecule has 9 nitrogen and oxygen atoms in total. The fourth-order valence-electron chi connectivity index (χ4n) is 5.55. The van der Waals surface area contributed by atoms with Crippen LogP contribution < -0.4 is 19.7 Å². The molecule has 2 aliphatic rings. The van der Waals surface area contributed by atoms with E-state index in [-0.39, 0.29) is 5.78 Å². The summed E-state index contributed by atoms with van der Waals surface area (Å²) in [6, 6.07) is 11.0. The maximum absolute atomic E-state index is 13.9. The third-order valence-corrected chi connectivity index (χ3v) is 7.13. The second-order valence-corrected chi connectivity index (χ2v) is 9.07. The quantitative estimate of drug-likeness (QED) is 0.339. The Balaban J connectivity index is 1.88. The summed E-state index contributed by atoms with van der Waals surface area (Å²) >= 11 is 0. The largest absolute Gasteiger partial charge is 0.493 e. The number of benzene rings is 2. The van der Waals surface area contributed by atoms with Gasteiger partial charge >= 0.3 is 5.97 Å². The van der Waals surface area contributed by atoms with E-state index in [1.807, 2.05) is 6.92 Å². The molecule has 36 heavy (non-hydrogen) atoms. The second kappa shape index (κ2) is 9.73. The van der Waals surface area contributed by atoms with Crippen LogP contribution in [0, 0.1) is 11.8 Å². The van der Waals surface area contributed by atoms with Crippen LogP contribution in [-0.2, 0) is 19.1 Å². The lowest BCUT2D eigenvalue weighted by Crippen LogP contribution is -2.56. The average molecular weight is 495 g/mol. The fraction of sp³-hybridized carbons (Fsp3) is 0.407. The topological polar surface area (TPSA) is 111 Å². The molecule has 0 radical (unpaired) electrons. The zero-order valence-corrected chi connectivity index (χ0v) is 21.0. The Morgan fingerprint density at radius 2 is 1.72 bits per heavy atom. The van der Waals surface area contributed by atoms with Crippen molar-refractivity contribution in [3.63, 3.8) is 0 Å². The molecule has 0 unspecified atom stereocenters. The summed E-state index contributed by atoms with van der Waals surface area (Å²) in [5.41, 5.74) is -0.0444. The molecule has 0 spiro atoms. The molecule has 2 heterocycles. The van der Waals surface area contributed by atoms with E-state index < -0.39 is 41.2 Å². The van der Waals surface area contributed by atoms with Crippen LogP contribution in [0.25, 0.3) is 0 Å². The standard InChI is InChI=1S/C27H30N2O7/c1-6-12-27(26(33)36-5)22-21(23(28-27)17-10-11-19(34-3)20(14-17)35-4)24(31)29(25(22)32)18-9-7-8-16(13-18)15(2)30/h7-11,13-14,21-23,28H,6,12H2,1-5H3/t21-,22-,23-,27+/m1/s1. The molecule has 0 saturated carbocycles. The van der Waals surface area contributed by atoms with E-state index in [2.05, 4.69) is 5.32 Å². The van der Waals surface area contributed by atoms with Gasteiger partial charge in [0.1, 0.15) is 5.54 Å². The van der Waals surface area contributed by atoms with Crippen LogP contribution in [0.2, 0.25) is 0 Å². The van der Waals surface area contributed by atoms with Gasteiger partial charge in [0.25, 0.3) is 0 Å². The van der Waals surface area contributed by atoms with Crippen molar-refractivity contribution in [1.29, 1.82) is 0 Å². The second-order valence-electron chi connectivity index (χ2n) is 9.07. The molecular weight excluding hydrogens is 464 g/mol. The van der Waals surface area contributed by atoms with Gasteiger partial charge in [-0.3, -0.25) is 24.5 Å². The highest BCUT2D eigenvalue weighted by Crippen LogP contribution is 2.52. The molecular formula is C27H30N2O7. The molecule has 2 aromatic carbocycles. The first-order chi connectivity index (χ1) is 17.2. The minimum atomic E-state index is -1.40. The molecule has 190 valence electrons. The fourth-order valence-corrected chi connectivity index (χ4v) is 5.55. The molecule has 0 aromatic heterocycles. The number of hydrogen-bond donors (Lipinski definition) is 1. The number of ketones is 1. The third kappa shape index (κ3) is 3.83. The predicted molar refractivity (Wildman–Crippen MR) is 131 cm³/mol. The summed E-state index contributed by atoms with van der Waals surface area (Å²) in [5.74, 6) is -2.61. The van der Waals surface area contributed by atoms with Gasteiger partial charge in [-0.1, -0.05) is 31.5 Å². The van der Waals surface area contributed by atoms with Crippen molar-refractivity contribution in [2.75, 3.05) is 26.2 Å². The van der Waals surface area contributed by atoms with Crippen molar-refractivity contribution in [1.82, 2.24) is 5.32 Å². The zero-order valence-electron chi connectivity index (χ0n) is 21.0. The molecule has 2 aliphatic heterocycles. The molecule has 9 heteroatoms. The first-order valence-corrected chi connectivity index (χ1v) is 11.8. The van der Waals surface area contributed by atoms with Gasteiger partial charge in [-0.05, 0) is 43.2 Å². The minimum absolute atomic E-state index is 0.184. The third-order valence-electron chi connectivity index (χ3n) is 7.13. The lowest BCUT2D eigenvalue weighted by Gasteiger charge is -2.32. The Bertz CT molecular complexity index is 1230. The Hall–Kier alpha value is -3.72. The number of rotatable bonds is 8. The number of nitrogens with zero attached hydrogens (tertiary/aromatic N) is 1. The smallest absolute Gasteiger partial charge is 0.326 e. The van der Waals surface area contributed by atoms with Crippen LogP contribution in [0.4, 0.5) is 5.69 Å². The number of Topliss-reactive ketones (excluding diaryl/α,β-unsaturated/α-hetero) is 1. The van der Waals surface area contributed by atoms with Gasteiger partial charge < -0.3 is 14.2 Å². The number of imide groups is 1. The summed E-state index contributed by atoms with van der Waals surface area (Å²) < 4.78 is 16.0. The number of nitrogens with one attached hydrogen (secondary N) is 1. The minimum Gasteiger partial charge on any atom is -0.493 e. The van der Waals surface area contributed by atoms with Crippen LogP contribution in [0.1, 0.15) is 48.7 Å². The Kier molecular flexibility index (Phi) is 6.86. The number of hydrogen-bond acceptors (Lipinski definition) is 8. The first kappa shape index (κ1) is 25.4. The lowest BCUT2D eigenvalue weighted by molar-refractivity contribution is -0.152. The number of methoxy groups -OCH3 is 3. The highest BCUT2D eigenvalue weighted by molar-refractivity contribution is 6.24. The van der Waals surface area contributed by atoms with Gasteiger partial charge in [0.05, 0.1) is 38.9 Å². The molecule has 2 aromatic rings. The van der Waals surface area contributed by atoms with E-state index in [1.54, 1.807) is 36.4 Å². The van der Waals surface area contributed by atoms with Crippen molar-refractivity contribution >= 4 is 29.3 Å². The molecule has 2 saturated heterocycles. The van der Waals surface area contributed by atoms with Gasteiger partial charge in [-0.2, -0.15) is 0 Å². The molecule has 2 fully saturated rings. The van der Waals surface area contributed by atoms with Crippen LogP contribution in [0.15, 0.2) is 42.5 Å². The van der Waals surface area contributed by atoms with Gasteiger partial charge in [0.2, 0.25) is 11.8 Å². The number of amides is 2. The number of fused-ring (bicyclic) bond motifs is 1. The number of carbonyl (C=O) groups is 4. The van der Waals surface area contributed by atoms with E-state index in [4.69, 9.17) is 14.2 Å². The monoisotopic (exact) mass is 494 g/mol. The Morgan fingerprint density at radius 1 is 1.00 bits per heavy atom. The van der Waals surface area contributed by atoms with Gasteiger partial charge in [0.15, 0.2) is 17.3 Å². The molecule has 4 rings (SSSR count). The summed E-state index contributed by atoms with van der Waals surface area (Å²) in [6.07, 6.45) is 0.871. The van der Waals surface area contributed by atoms with Crippen molar-refractivity contribution < 1.29 is 33.4 Å². The highest BCUT2D eigenvalue weighted by Gasteiger charge is 2.68. The SMILES string of the molecule is CCC[C@]1(C(=O)OC)N[C@H](c2ccc(OC)c(OC)c2)[C@@H]2C(=O)N(c3cccc(C(C)=O)c3)C(=O)[C@@H]21. The van der Waals surface area contributed by atoms with Gasteiger partial charge in [-0.15, -0.1) is 0 Å². The normalized spacial score (nSPS) is 25.0. The lowest BCUT2D eigenvalue weighted by atomic mass is 9.77. The van der Waals surface area contributed by atoms with Gasteiger partial charge in [0, 0.05) is 11.6 Å². The number of esters is 1. The van der Waals surface area contributed by atoms with Crippen LogP contribution in [0.3, 0.4) is 0 Å². The van der Waals surface area contributed by atoms with E-state index in [0.29, 0.717) is 41.2 Å². The molecule has 0 aliphatic carbocycles. The Morgan fingerprint density at radius 3 is 2.33 bits per heavy atom. The molecule has 1 N–H and O–H groups in total. The molecule has 2 amide bonds.